The molecule has 1 aromatic rings. The van der Waals surface area contributed by atoms with E-state index in [0.29, 0.717) is 6.42 Å². The highest BCUT2D eigenvalue weighted by atomic mass is 32.2. The van der Waals surface area contributed by atoms with Gasteiger partial charge in [-0.05, 0) is 13.3 Å². The molecule has 1 atom stereocenters. The van der Waals surface area contributed by atoms with Crippen molar-refractivity contribution >= 4 is 16.0 Å². The van der Waals surface area contributed by atoms with E-state index in [4.69, 9.17) is 5.11 Å². The standard InChI is InChI=1S/C12H14F3NO4S/c1-3-4-12(2,11(17)18)16-21(19,20)10-8(14)5-7(13)6-9(10)15/h5-6,16H,3-4H2,1-2H3,(H,17,18). The average molecular weight is 325 g/mol. The minimum atomic E-state index is -4.81. The quantitative estimate of drug-likeness (QED) is 0.838. The van der Waals surface area contributed by atoms with Gasteiger partial charge in [-0.15, -0.1) is 0 Å². The molecule has 0 aliphatic heterocycles. The van der Waals surface area contributed by atoms with Gasteiger partial charge < -0.3 is 5.11 Å². The molecule has 0 saturated carbocycles. The Kier molecular flexibility index (Phi) is 5.00. The first-order valence-corrected chi connectivity index (χ1v) is 7.43. The second kappa shape index (κ2) is 6.02. The molecule has 1 aromatic carbocycles. The maximum Gasteiger partial charge on any atom is 0.324 e. The SMILES string of the molecule is CCCC(C)(NS(=O)(=O)c1c(F)cc(F)cc1F)C(=O)O. The fourth-order valence-electron chi connectivity index (χ4n) is 1.83. The highest BCUT2D eigenvalue weighted by molar-refractivity contribution is 7.89. The molecule has 0 aliphatic rings. The minimum absolute atomic E-state index is 0.0913. The first-order chi connectivity index (χ1) is 9.53. The first kappa shape index (κ1) is 17.4. The van der Waals surface area contributed by atoms with Gasteiger partial charge in [0.25, 0.3) is 0 Å². The Hall–Kier alpha value is -1.61. The number of hydrogen-bond donors (Lipinski definition) is 2. The monoisotopic (exact) mass is 325 g/mol. The normalized spacial score (nSPS) is 14.7. The van der Waals surface area contributed by atoms with E-state index in [1.54, 1.807) is 11.6 Å². The van der Waals surface area contributed by atoms with Crippen LogP contribution in [-0.4, -0.2) is 25.0 Å². The Morgan fingerprint density at radius 2 is 1.76 bits per heavy atom. The van der Waals surface area contributed by atoms with Crippen LogP contribution in [0.5, 0.6) is 0 Å². The molecular weight excluding hydrogens is 311 g/mol. The molecule has 118 valence electrons. The molecule has 0 bridgehead atoms. The van der Waals surface area contributed by atoms with Crippen LogP contribution in [-0.2, 0) is 14.8 Å². The molecule has 0 saturated heterocycles. The van der Waals surface area contributed by atoms with Gasteiger partial charge >= 0.3 is 5.97 Å². The van der Waals surface area contributed by atoms with Gasteiger partial charge in [0.15, 0.2) is 4.90 Å². The van der Waals surface area contributed by atoms with Crippen molar-refractivity contribution in [2.75, 3.05) is 0 Å². The molecule has 21 heavy (non-hydrogen) atoms. The zero-order valence-electron chi connectivity index (χ0n) is 11.3. The van der Waals surface area contributed by atoms with Crippen molar-refractivity contribution in [1.29, 1.82) is 0 Å². The Balaban J connectivity index is 3.33. The van der Waals surface area contributed by atoms with Crippen molar-refractivity contribution in [3.05, 3.63) is 29.6 Å². The molecular formula is C12H14F3NO4S. The zero-order valence-corrected chi connectivity index (χ0v) is 12.1. The number of aliphatic carboxylic acids is 1. The number of nitrogens with one attached hydrogen (secondary N) is 1. The molecule has 0 heterocycles. The molecule has 1 unspecified atom stereocenters. The fraction of sp³-hybridized carbons (Fsp3) is 0.417. The van der Waals surface area contributed by atoms with Crippen LogP contribution >= 0.6 is 0 Å². The van der Waals surface area contributed by atoms with Crippen molar-refractivity contribution < 1.29 is 31.5 Å². The molecule has 0 amide bonds. The summed E-state index contributed by atoms with van der Waals surface area (Å²) >= 11 is 0. The van der Waals surface area contributed by atoms with Crippen molar-refractivity contribution in [1.82, 2.24) is 4.72 Å². The van der Waals surface area contributed by atoms with E-state index in [0.717, 1.165) is 6.92 Å². The van der Waals surface area contributed by atoms with Crippen molar-refractivity contribution in [2.24, 2.45) is 0 Å². The molecule has 0 spiro atoms. The second-order valence-corrected chi connectivity index (χ2v) is 6.31. The van der Waals surface area contributed by atoms with E-state index >= 15 is 0 Å². The summed E-state index contributed by atoms with van der Waals surface area (Å²) in [5.41, 5.74) is -1.93. The molecule has 9 heteroatoms. The Bertz CT molecular complexity index is 639. The molecule has 1 rings (SSSR count). The fourth-order valence-corrected chi connectivity index (χ4v) is 3.35. The largest absolute Gasteiger partial charge is 0.480 e. The van der Waals surface area contributed by atoms with E-state index in [1.807, 2.05) is 0 Å². The Morgan fingerprint density at radius 1 is 1.29 bits per heavy atom. The number of carbonyl (C=O) groups is 1. The number of benzene rings is 1. The lowest BCUT2D eigenvalue weighted by Crippen LogP contribution is -2.52. The topological polar surface area (TPSA) is 83.5 Å². The minimum Gasteiger partial charge on any atom is -0.480 e. The average Bonchev–Trinajstić information content (AvgIpc) is 2.25. The van der Waals surface area contributed by atoms with Gasteiger partial charge in [-0.3, -0.25) is 4.79 Å². The second-order valence-electron chi connectivity index (χ2n) is 4.69. The molecule has 0 aliphatic carbocycles. The molecule has 5 nitrogen and oxygen atoms in total. The van der Waals surface area contributed by atoms with Crippen LogP contribution in [0.4, 0.5) is 13.2 Å². The van der Waals surface area contributed by atoms with Crippen LogP contribution in [0.15, 0.2) is 17.0 Å². The van der Waals surface area contributed by atoms with Crippen LogP contribution in [0.25, 0.3) is 0 Å². The highest BCUT2D eigenvalue weighted by Crippen LogP contribution is 2.23. The van der Waals surface area contributed by atoms with Crippen LogP contribution in [0, 0.1) is 17.5 Å². The summed E-state index contributed by atoms with van der Waals surface area (Å²) < 4.78 is 65.6. The molecule has 0 aromatic heterocycles. The summed E-state index contributed by atoms with van der Waals surface area (Å²) in [5, 5.41) is 9.08. The third kappa shape index (κ3) is 3.73. The lowest BCUT2D eigenvalue weighted by atomic mass is 9.98. The smallest absolute Gasteiger partial charge is 0.324 e. The molecule has 0 radical (unpaired) electrons. The summed E-state index contributed by atoms with van der Waals surface area (Å²) in [6, 6.07) is 0.408. The van der Waals surface area contributed by atoms with Crippen molar-refractivity contribution in [2.45, 2.75) is 37.1 Å². The van der Waals surface area contributed by atoms with Gasteiger partial charge in [0, 0.05) is 12.1 Å². The number of hydrogen-bond acceptors (Lipinski definition) is 3. The number of carboxylic acid groups (broad SMARTS) is 1. The van der Waals surface area contributed by atoms with Crippen molar-refractivity contribution in [3.8, 4) is 0 Å². The lowest BCUT2D eigenvalue weighted by Gasteiger charge is -2.25. The molecule has 0 fully saturated rings. The van der Waals surface area contributed by atoms with E-state index in [9.17, 15) is 26.4 Å². The van der Waals surface area contributed by atoms with Crippen LogP contribution in [0.3, 0.4) is 0 Å². The Morgan fingerprint density at radius 3 is 2.14 bits per heavy atom. The summed E-state index contributed by atoms with van der Waals surface area (Å²) in [6.07, 6.45) is 0.228. The van der Waals surface area contributed by atoms with Gasteiger partial charge in [0.2, 0.25) is 10.0 Å². The van der Waals surface area contributed by atoms with E-state index in [1.165, 1.54) is 0 Å². The van der Waals surface area contributed by atoms with Gasteiger partial charge in [-0.2, -0.15) is 4.72 Å². The number of halogens is 3. The Labute approximate surface area is 119 Å². The van der Waals surface area contributed by atoms with Crippen LogP contribution < -0.4 is 4.72 Å². The molecule has 2 N–H and O–H groups in total. The maximum atomic E-state index is 13.5. The predicted molar refractivity (Wildman–Crippen MR) is 67.6 cm³/mol. The van der Waals surface area contributed by atoms with Gasteiger partial charge in [-0.1, -0.05) is 13.3 Å². The predicted octanol–water partition coefficient (Wildman–Crippen LogP) is 2.03. The van der Waals surface area contributed by atoms with Gasteiger partial charge in [0.1, 0.15) is 23.0 Å². The van der Waals surface area contributed by atoms with Crippen molar-refractivity contribution in [3.63, 3.8) is 0 Å². The maximum absolute atomic E-state index is 13.5. The third-order valence-electron chi connectivity index (χ3n) is 2.81. The lowest BCUT2D eigenvalue weighted by molar-refractivity contribution is -0.143. The van der Waals surface area contributed by atoms with E-state index in [2.05, 4.69) is 0 Å². The zero-order chi connectivity index (χ0) is 16.4. The van der Waals surface area contributed by atoms with Gasteiger partial charge in [0.05, 0.1) is 0 Å². The third-order valence-corrected chi connectivity index (χ3v) is 4.46. The number of rotatable bonds is 6. The number of sulfonamides is 1. The van der Waals surface area contributed by atoms with Crippen LogP contribution in [0.1, 0.15) is 26.7 Å². The first-order valence-electron chi connectivity index (χ1n) is 5.95. The van der Waals surface area contributed by atoms with Crippen LogP contribution in [0.2, 0.25) is 0 Å². The summed E-state index contributed by atoms with van der Waals surface area (Å²) in [4.78, 5) is 9.76. The summed E-state index contributed by atoms with van der Waals surface area (Å²) in [6.45, 7) is 2.70. The van der Waals surface area contributed by atoms with E-state index in [-0.39, 0.29) is 18.6 Å². The van der Waals surface area contributed by atoms with Gasteiger partial charge in [-0.25, -0.2) is 21.6 Å². The summed E-state index contributed by atoms with van der Waals surface area (Å²) in [5.74, 6) is -6.04. The highest BCUT2D eigenvalue weighted by Gasteiger charge is 2.39. The van der Waals surface area contributed by atoms with E-state index < -0.39 is 43.9 Å². The number of carboxylic acids is 1. The summed E-state index contributed by atoms with van der Waals surface area (Å²) in [7, 11) is -4.81.